The van der Waals surface area contributed by atoms with Crippen LogP contribution in [0.4, 0.5) is 0 Å². The molecule has 1 rings (SSSR count). The standard InChI is InChI=1S/C11H20N2O3/c1-8(7-16-4)13-6-5-9(14)12-11(2,3)10(13)15/h8H,5-7H2,1-4H3,(H,12,14). The van der Waals surface area contributed by atoms with E-state index in [9.17, 15) is 9.59 Å². The number of rotatable bonds is 3. The van der Waals surface area contributed by atoms with Crippen LogP contribution in [0, 0.1) is 0 Å². The van der Waals surface area contributed by atoms with Crippen molar-refractivity contribution in [1.29, 1.82) is 0 Å². The second kappa shape index (κ2) is 4.82. The van der Waals surface area contributed by atoms with Crippen molar-refractivity contribution < 1.29 is 14.3 Å². The van der Waals surface area contributed by atoms with Crippen molar-refractivity contribution >= 4 is 11.8 Å². The zero-order chi connectivity index (χ0) is 12.3. The lowest BCUT2D eigenvalue weighted by atomic mass is 10.0. The number of nitrogens with one attached hydrogen (secondary N) is 1. The summed E-state index contributed by atoms with van der Waals surface area (Å²) in [4.78, 5) is 25.3. The van der Waals surface area contributed by atoms with Crippen LogP contribution in [0.2, 0.25) is 0 Å². The summed E-state index contributed by atoms with van der Waals surface area (Å²) >= 11 is 0. The van der Waals surface area contributed by atoms with Crippen molar-refractivity contribution in [3.63, 3.8) is 0 Å². The van der Waals surface area contributed by atoms with Crippen LogP contribution < -0.4 is 5.32 Å². The second-order valence-electron chi connectivity index (χ2n) is 4.73. The van der Waals surface area contributed by atoms with E-state index in [1.54, 1.807) is 25.9 Å². The first kappa shape index (κ1) is 13.0. The van der Waals surface area contributed by atoms with E-state index in [2.05, 4.69) is 5.32 Å². The highest BCUT2D eigenvalue weighted by molar-refractivity contribution is 5.92. The molecule has 0 aromatic rings. The summed E-state index contributed by atoms with van der Waals surface area (Å²) in [6.45, 7) is 6.32. The Labute approximate surface area is 96.1 Å². The number of methoxy groups -OCH3 is 1. The Morgan fingerprint density at radius 2 is 2.12 bits per heavy atom. The highest BCUT2D eigenvalue weighted by atomic mass is 16.5. The first-order valence-corrected chi connectivity index (χ1v) is 5.49. The van der Waals surface area contributed by atoms with Gasteiger partial charge in [0.25, 0.3) is 0 Å². The minimum atomic E-state index is -0.824. The molecule has 1 fully saturated rings. The van der Waals surface area contributed by atoms with Gasteiger partial charge in [-0.2, -0.15) is 0 Å². The molecule has 16 heavy (non-hydrogen) atoms. The molecule has 1 aliphatic heterocycles. The number of carbonyl (C=O) groups excluding carboxylic acids is 2. The SMILES string of the molecule is COCC(C)N1CCC(=O)NC(C)(C)C1=O. The molecule has 5 nitrogen and oxygen atoms in total. The van der Waals surface area contributed by atoms with Gasteiger partial charge in [-0.15, -0.1) is 0 Å². The van der Waals surface area contributed by atoms with Crippen LogP contribution in [0.1, 0.15) is 27.2 Å². The lowest BCUT2D eigenvalue weighted by Gasteiger charge is -2.32. The zero-order valence-electron chi connectivity index (χ0n) is 10.4. The monoisotopic (exact) mass is 228 g/mol. The number of nitrogens with zero attached hydrogens (tertiary/aromatic N) is 1. The topological polar surface area (TPSA) is 58.6 Å². The summed E-state index contributed by atoms with van der Waals surface area (Å²) in [5, 5.41) is 2.72. The lowest BCUT2D eigenvalue weighted by molar-refractivity contribution is -0.140. The van der Waals surface area contributed by atoms with Crippen molar-refractivity contribution in [2.75, 3.05) is 20.3 Å². The molecular formula is C11H20N2O3. The zero-order valence-corrected chi connectivity index (χ0v) is 10.4. The minimum Gasteiger partial charge on any atom is -0.383 e. The quantitative estimate of drug-likeness (QED) is 0.748. The lowest BCUT2D eigenvalue weighted by Crippen LogP contribution is -2.55. The number of hydrogen-bond donors (Lipinski definition) is 1. The third-order valence-electron chi connectivity index (χ3n) is 2.77. The summed E-state index contributed by atoms with van der Waals surface area (Å²) in [5.41, 5.74) is -0.824. The maximum absolute atomic E-state index is 12.2. The van der Waals surface area contributed by atoms with Crippen molar-refractivity contribution in [1.82, 2.24) is 10.2 Å². The normalized spacial score (nSPS) is 22.6. The van der Waals surface area contributed by atoms with Crippen molar-refractivity contribution in [2.24, 2.45) is 0 Å². The highest BCUT2D eigenvalue weighted by Gasteiger charge is 2.38. The number of carbonyl (C=O) groups is 2. The fourth-order valence-corrected chi connectivity index (χ4v) is 1.90. The van der Waals surface area contributed by atoms with Gasteiger partial charge >= 0.3 is 0 Å². The summed E-state index contributed by atoms with van der Waals surface area (Å²) < 4.78 is 5.04. The molecule has 5 heteroatoms. The maximum Gasteiger partial charge on any atom is 0.248 e. The number of hydrogen-bond acceptors (Lipinski definition) is 3. The Kier molecular flexibility index (Phi) is 3.91. The van der Waals surface area contributed by atoms with Gasteiger partial charge in [-0.05, 0) is 20.8 Å². The smallest absolute Gasteiger partial charge is 0.248 e. The van der Waals surface area contributed by atoms with E-state index in [1.165, 1.54) is 0 Å². The predicted octanol–water partition coefficient (Wildman–Crippen LogP) is 0.148. The van der Waals surface area contributed by atoms with E-state index in [4.69, 9.17) is 4.74 Å². The molecular weight excluding hydrogens is 208 g/mol. The Balaban J connectivity index is 2.84. The van der Waals surface area contributed by atoms with Gasteiger partial charge in [-0.25, -0.2) is 0 Å². The van der Waals surface area contributed by atoms with Crippen molar-refractivity contribution in [3.8, 4) is 0 Å². The third-order valence-corrected chi connectivity index (χ3v) is 2.77. The van der Waals surface area contributed by atoms with Gasteiger partial charge in [0.15, 0.2) is 0 Å². The molecule has 0 aromatic carbocycles. The van der Waals surface area contributed by atoms with Gasteiger partial charge in [0.1, 0.15) is 5.54 Å². The van der Waals surface area contributed by atoms with Gasteiger partial charge in [-0.3, -0.25) is 9.59 Å². The van der Waals surface area contributed by atoms with Gasteiger partial charge in [0.2, 0.25) is 11.8 Å². The molecule has 1 heterocycles. The molecule has 92 valence electrons. The van der Waals surface area contributed by atoms with E-state index in [0.29, 0.717) is 19.6 Å². The second-order valence-corrected chi connectivity index (χ2v) is 4.73. The number of amides is 2. The Morgan fingerprint density at radius 3 is 2.69 bits per heavy atom. The average molecular weight is 228 g/mol. The van der Waals surface area contributed by atoms with Gasteiger partial charge < -0.3 is 15.0 Å². The molecule has 0 aliphatic carbocycles. The summed E-state index contributed by atoms with van der Waals surface area (Å²) in [6, 6.07) is -0.00975. The Bertz CT molecular complexity index is 289. The molecule has 2 amide bonds. The molecule has 1 N–H and O–H groups in total. The van der Waals surface area contributed by atoms with E-state index >= 15 is 0 Å². The first-order valence-electron chi connectivity index (χ1n) is 5.49. The van der Waals surface area contributed by atoms with E-state index in [-0.39, 0.29) is 17.9 Å². The van der Waals surface area contributed by atoms with E-state index < -0.39 is 5.54 Å². The molecule has 0 bridgehead atoms. The molecule has 0 saturated carbocycles. The summed E-state index contributed by atoms with van der Waals surface area (Å²) in [5.74, 6) is -0.131. The predicted molar refractivity (Wildman–Crippen MR) is 59.9 cm³/mol. The van der Waals surface area contributed by atoms with Crippen LogP contribution in [0.5, 0.6) is 0 Å². The van der Waals surface area contributed by atoms with Crippen LogP contribution in [-0.2, 0) is 14.3 Å². The van der Waals surface area contributed by atoms with E-state index in [1.807, 2.05) is 6.92 Å². The largest absolute Gasteiger partial charge is 0.383 e. The molecule has 0 radical (unpaired) electrons. The fourth-order valence-electron chi connectivity index (χ4n) is 1.90. The van der Waals surface area contributed by atoms with Crippen molar-refractivity contribution in [3.05, 3.63) is 0 Å². The van der Waals surface area contributed by atoms with Crippen LogP contribution in [0.3, 0.4) is 0 Å². The van der Waals surface area contributed by atoms with Crippen LogP contribution in [-0.4, -0.2) is 48.6 Å². The molecule has 1 saturated heterocycles. The van der Waals surface area contributed by atoms with Gasteiger partial charge in [0, 0.05) is 20.1 Å². The molecule has 0 spiro atoms. The Morgan fingerprint density at radius 1 is 1.50 bits per heavy atom. The minimum absolute atomic E-state index is 0.00975. The molecule has 1 aliphatic rings. The average Bonchev–Trinajstić information content (AvgIpc) is 2.25. The third kappa shape index (κ3) is 2.72. The van der Waals surface area contributed by atoms with Crippen LogP contribution in [0.25, 0.3) is 0 Å². The van der Waals surface area contributed by atoms with Crippen LogP contribution in [0.15, 0.2) is 0 Å². The van der Waals surface area contributed by atoms with Gasteiger partial charge in [0.05, 0.1) is 12.6 Å². The summed E-state index contributed by atoms with van der Waals surface area (Å²) in [6.07, 6.45) is 0.350. The maximum atomic E-state index is 12.2. The Hall–Kier alpha value is -1.10. The fraction of sp³-hybridized carbons (Fsp3) is 0.818. The molecule has 1 atom stereocenters. The van der Waals surface area contributed by atoms with Gasteiger partial charge in [-0.1, -0.05) is 0 Å². The summed E-state index contributed by atoms with van der Waals surface area (Å²) in [7, 11) is 1.60. The van der Waals surface area contributed by atoms with Crippen molar-refractivity contribution in [2.45, 2.75) is 38.8 Å². The number of ether oxygens (including phenoxy) is 1. The molecule has 0 aromatic heterocycles. The van der Waals surface area contributed by atoms with E-state index in [0.717, 1.165) is 0 Å². The van der Waals surface area contributed by atoms with Crippen LogP contribution >= 0.6 is 0 Å². The first-order chi connectivity index (χ1) is 7.38. The molecule has 1 unspecified atom stereocenters. The highest BCUT2D eigenvalue weighted by Crippen LogP contribution is 2.15.